The lowest BCUT2D eigenvalue weighted by Gasteiger charge is -2.33. The highest BCUT2D eigenvalue weighted by molar-refractivity contribution is 5.82. The minimum atomic E-state index is -0.304. The van der Waals surface area contributed by atoms with Gasteiger partial charge in [0.15, 0.2) is 0 Å². The summed E-state index contributed by atoms with van der Waals surface area (Å²) in [6.45, 7) is 1.96. The first-order chi connectivity index (χ1) is 11.5. The van der Waals surface area contributed by atoms with Crippen molar-refractivity contribution in [3.63, 3.8) is 0 Å². The molecule has 6 nitrogen and oxygen atoms in total. The Morgan fingerprint density at radius 3 is 2.83 bits per heavy atom. The molecule has 0 saturated carbocycles. The van der Waals surface area contributed by atoms with Crippen LogP contribution in [0.25, 0.3) is 6.08 Å². The van der Waals surface area contributed by atoms with Gasteiger partial charge in [-0.3, -0.25) is 14.4 Å². The summed E-state index contributed by atoms with van der Waals surface area (Å²) < 4.78 is 0. The molecule has 2 atom stereocenters. The van der Waals surface area contributed by atoms with Gasteiger partial charge in [-0.15, -0.1) is 0 Å². The molecule has 126 valence electrons. The van der Waals surface area contributed by atoms with Crippen LogP contribution >= 0.6 is 0 Å². The lowest BCUT2D eigenvalue weighted by Crippen LogP contribution is -2.48. The van der Waals surface area contributed by atoms with Crippen LogP contribution in [-0.4, -0.2) is 35.2 Å². The molecule has 2 heterocycles. The lowest BCUT2D eigenvalue weighted by atomic mass is 9.93. The van der Waals surface area contributed by atoms with Crippen LogP contribution in [0.5, 0.6) is 0 Å². The molecule has 3 amide bonds. The summed E-state index contributed by atoms with van der Waals surface area (Å²) in [6.07, 6.45) is 4.91. The Morgan fingerprint density at radius 1 is 1.33 bits per heavy atom. The third kappa shape index (κ3) is 3.48. The maximum atomic E-state index is 12.5. The van der Waals surface area contributed by atoms with Gasteiger partial charge in [0, 0.05) is 32.1 Å². The molecule has 2 unspecified atom stereocenters. The molecule has 0 bridgehead atoms. The molecule has 1 fully saturated rings. The first-order valence-electron chi connectivity index (χ1n) is 8.16. The van der Waals surface area contributed by atoms with Gasteiger partial charge >= 0.3 is 0 Å². The standard InChI is InChI=1S/C18H21N3O3/c1-12(22)21-9-8-13-4-2-3-5-15(13)16(21)10-18(24)20-14-6-7-17(23)19-11-14/h2-5,8-9,14,16H,6-7,10-11H2,1H3,(H,19,23)(H,20,24). The van der Waals surface area contributed by atoms with E-state index in [-0.39, 0.29) is 36.2 Å². The summed E-state index contributed by atoms with van der Waals surface area (Å²) in [5.74, 6) is -0.185. The van der Waals surface area contributed by atoms with Gasteiger partial charge in [-0.05, 0) is 23.6 Å². The van der Waals surface area contributed by atoms with Gasteiger partial charge in [-0.1, -0.05) is 24.3 Å². The van der Waals surface area contributed by atoms with Gasteiger partial charge in [-0.25, -0.2) is 0 Å². The second-order valence-corrected chi connectivity index (χ2v) is 6.20. The van der Waals surface area contributed by atoms with Crippen LogP contribution < -0.4 is 10.6 Å². The van der Waals surface area contributed by atoms with Crippen molar-refractivity contribution in [3.05, 3.63) is 41.6 Å². The first kappa shape index (κ1) is 16.2. The Hall–Kier alpha value is -2.63. The zero-order chi connectivity index (χ0) is 17.1. The molecule has 1 aromatic rings. The van der Waals surface area contributed by atoms with Crippen molar-refractivity contribution in [2.24, 2.45) is 0 Å². The number of nitrogens with zero attached hydrogens (tertiary/aromatic N) is 1. The summed E-state index contributed by atoms with van der Waals surface area (Å²) in [5, 5.41) is 5.72. The smallest absolute Gasteiger partial charge is 0.223 e. The van der Waals surface area contributed by atoms with E-state index in [2.05, 4.69) is 10.6 Å². The SMILES string of the molecule is CC(=O)N1C=Cc2ccccc2C1CC(=O)NC1CCC(=O)NC1. The number of benzene rings is 1. The summed E-state index contributed by atoms with van der Waals surface area (Å²) in [7, 11) is 0. The summed E-state index contributed by atoms with van der Waals surface area (Å²) in [4.78, 5) is 37.2. The van der Waals surface area contributed by atoms with E-state index < -0.39 is 0 Å². The molecular formula is C18H21N3O3. The van der Waals surface area contributed by atoms with E-state index in [1.54, 1.807) is 11.1 Å². The average molecular weight is 327 g/mol. The molecule has 6 heteroatoms. The van der Waals surface area contributed by atoms with E-state index in [9.17, 15) is 14.4 Å². The van der Waals surface area contributed by atoms with Crippen LogP contribution in [0.4, 0.5) is 0 Å². The monoisotopic (exact) mass is 327 g/mol. The molecular weight excluding hydrogens is 306 g/mol. The number of hydrogen-bond acceptors (Lipinski definition) is 3. The fraction of sp³-hybridized carbons (Fsp3) is 0.389. The van der Waals surface area contributed by atoms with Crippen LogP contribution in [0, 0.1) is 0 Å². The second kappa shape index (κ2) is 6.86. The largest absolute Gasteiger partial charge is 0.354 e. The van der Waals surface area contributed by atoms with E-state index in [0.717, 1.165) is 11.1 Å². The summed E-state index contributed by atoms with van der Waals surface area (Å²) >= 11 is 0. The van der Waals surface area contributed by atoms with Crippen LogP contribution in [-0.2, 0) is 14.4 Å². The van der Waals surface area contributed by atoms with Crippen molar-refractivity contribution in [3.8, 4) is 0 Å². The van der Waals surface area contributed by atoms with Crippen LogP contribution in [0.2, 0.25) is 0 Å². The van der Waals surface area contributed by atoms with Gasteiger partial charge < -0.3 is 15.5 Å². The quantitative estimate of drug-likeness (QED) is 0.879. The third-order valence-corrected chi connectivity index (χ3v) is 4.48. The number of fused-ring (bicyclic) bond motifs is 1. The molecule has 1 aromatic carbocycles. The Morgan fingerprint density at radius 2 is 2.12 bits per heavy atom. The number of carbonyl (C=O) groups excluding carboxylic acids is 3. The van der Waals surface area contributed by atoms with E-state index in [1.807, 2.05) is 30.3 Å². The summed E-state index contributed by atoms with van der Waals surface area (Å²) in [6, 6.07) is 7.43. The molecule has 0 spiro atoms. The van der Waals surface area contributed by atoms with E-state index >= 15 is 0 Å². The number of piperidine rings is 1. The van der Waals surface area contributed by atoms with Crippen molar-refractivity contribution < 1.29 is 14.4 Å². The first-order valence-corrected chi connectivity index (χ1v) is 8.16. The molecule has 1 saturated heterocycles. The molecule has 24 heavy (non-hydrogen) atoms. The van der Waals surface area contributed by atoms with Crippen LogP contribution in [0.3, 0.4) is 0 Å². The van der Waals surface area contributed by atoms with E-state index in [4.69, 9.17) is 0 Å². The van der Waals surface area contributed by atoms with Crippen LogP contribution in [0.15, 0.2) is 30.5 Å². The Kier molecular flexibility index (Phi) is 4.64. The normalized spacial score (nSPS) is 22.5. The molecule has 0 aromatic heterocycles. The predicted octanol–water partition coefficient (Wildman–Crippen LogP) is 1.35. The second-order valence-electron chi connectivity index (χ2n) is 6.20. The Balaban J connectivity index is 1.71. The zero-order valence-corrected chi connectivity index (χ0v) is 13.6. The highest BCUT2D eigenvalue weighted by atomic mass is 16.2. The minimum Gasteiger partial charge on any atom is -0.354 e. The number of amides is 3. The number of rotatable bonds is 3. The molecule has 2 aliphatic rings. The predicted molar refractivity (Wildman–Crippen MR) is 89.5 cm³/mol. The molecule has 0 radical (unpaired) electrons. The number of nitrogens with one attached hydrogen (secondary N) is 2. The average Bonchev–Trinajstić information content (AvgIpc) is 2.57. The maximum Gasteiger partial charge on any atom is 0.223 e. The fourth-order valence-corrected chi connectivity index (χ4v) is 3.23. The van der Waals surface area contributed by atoms with E-state index in [0.29, 0.717) is 19.4 Å². The molecule has 2 aliphatic heterocycles. The van der Waals surface area contributed by atoms with E-state index in [1.165, 1.54) is 6.92 Å². The van der Waals surface area contributed by atoms with Gasteiger partial charge in [0.1, 0.15) is 0 Å². The zero-order valence-electron chi connectivity index (χ0n) is 13.6. The lowest BCUT2D eigenvalue weighted by molar-refractivity contribution is -0.130. The Bertz CT molecular complexity index is 689. The highest BCUT2D eigenvalue weighted by Gasteiger charge is 2.29. The Labute approximate surface area is 140 Å². The molecule has 3 rings (SSSR count). The highest BCUT2D eigenvalue weighted by Crippen LogP contribution is 2.32. The molecule has 0 aliphatic carbocycles. The van der Waals surface area contributed by atoms with Gasteiger partial charge in [0.2, 0.25) is 17.7 Å². The van der Waals surface area contributed by atoms with Crippen molar-refractivity contribution in [2.45, 2.75) is 38.3 Å². The number of carbonyl (C=O) groups is 3. The summed E-state index contributed by atoms with van der Waals surface area (Å²) in [5.41, 5.74) is 2.00. The molecule has 2 N–H and O–H groups in total. The van der Waals surface area contributed by atoms with Crippen molar-refractivity contribution >= 4 is 23.8 Å². The number of hydrogen-bond donors (Lipinski definition) is 2. The fourth-order valence-electron chi connectivity index (χ4n) is 3.23. The van der Waals surface area contributed by atoms with Gasteiger partial charge in [-0.2, -0.15) is 0 Å². The topological polar surface area (TPSA) is 78.5 Å². The van der Waals surface area contributed by atoms with Crippen LogP contribution in [0.1, 0.15) is 43.4 Å². The maximum absolute atomic E-state index is 12.5. The third-order valence-electron chi connectivity index (χ3n) is 4.48. The van der Waals surface area contributed by atoms with Crippen molar-refractivity contribution in [1.82, 2.24) is 15.5 Å². The van der Waals surface area contributed by atoms with Gasteiger partial charge in [0.05, 0.1) is 12.5 Å². The minimum absolute atomic E-state index is 0.0228. The van der Waals surface area contributed by atoms with Crippen molar-refractivity contribution in [1.29, 1.82) is 0 Å². The van der Waals surface area contributed by atoms with Crippen molar-refractivity contribution in [2.75, 3.05) is 6.54 Å². The van der Waals surface area contributed by atoms with Gasteiger partial charge in [0.25, 0.3) is 0 Å².